The minimum absolute atomic E-state index is 0.109. The zero-order valence-corrected chi connectivity index (χ0v) is 17.6. The lowest BCUT2D eigenvalue weighted by atomic mass is 10.0. The summed E-state index contributed by atoms with van der Waals surface area (Å²) < 4.78 is 4.64. The molecule has 0 aliphatic carbocycles. The second-order valence-electron chi connectivity index (χ2n) is 7.24. The second-order valence-corrected chi connectivity index (χ2v) is 7.24. The Balaban J connectivity index is 2.47. The van der Waals surface area contributed by atoms with E-state index < -0.39 is 41.8 Å². The predicted molar refractivity (Wildman–Crippen MR) is 109 cm³/mol. The number of phenolic OH excluding ortho intramolecular Hbond substituents is 1. The van der Waals surface area contributed by atoms with Crippen LogP contribution >= 0.6 is 0 Å². The van der Waals surface area contributed by atoms with Gasteiger partial charge in [0.1, 0.15) is 17.8 Å². The molecule has 0 aliphatic heterocycles. The van der Waals surface area contributed by atoms with E-state index in [1.165, 1.54) is 26.2 Å². The molecule has 3 amide bonds. The minimum atomic E-state index is -0.919. The maximum Gasteiger partial charge on any atom is 0.328 e. The summed E-state index contributed by atoms with van der Waals surface area (Å²) in [5.41, 5.74) is 6.63. The fourth-order valence-electron chi connectivity index (χ4n) is 2.53. The van der Waals surface area contributed by atoms with Gasteiger partial charge in [-0.2, -0.15) is 0 Å². The lowest BCUT2D eigenvalue weighted by Crippen LogP contribution is -2.53. The highest BCUT2D eigenvalue weighted by Gasteiger charge is 2.25. The van der Waals surface area contributed by atoms with Crippen LogP contribution in [0, 0.1) is 5.92 Å². The molecule has 1 aromatic rings. The summed E-state index contributed by atoms with van der Waals surface area (Å²) in [7, 11) is 1.22. The average Bonchev–Trinajstić information content (AvgIpc) is 2.70. The molecule has 0 unspecified atom stereocenters. The van der Waals surface area contributed by atoms with Crippen LogP contribution in [-0.2, 0) is 30.3 Å². The largest absolute Gasteiger partial charge is 0.508 e. The summed E-state index contributed by atoms with van der Waals surface area (Å²) in [5, 5.41) is 16.7. The Kier molecular flexibility index (Phi) is 9.76. The summed E-state index contributed by atoms with van der Waals surface area (Å²) >= 11 is 0. The number of nitrogens with one attached hydrogen (secondary N) is 3. The zero-order chi connectivity index (χ0) is 22.8. The summed E-state index contributed by atoms with van der Waals surface area (Å²) in [6.45, 7) is 4.60. The van der Waals surface area contributed by atoms with Gasteiger partial charge >= 0.3 is 5.97 Å². The number of rotatable bonds is 10. The van der Waals surface area contributed by atoms with Crippen LogP contribution in [0.25, 0.3) is 0 Å². The van der Waals surface area contributed by atoms with E-state index in [9.17, 15) is 24.3 Å². The zero-order valence-electron chi connectivity index (χ0n) is 17.6. The Morgan fingerprint density at radius 1 is 1.03 bits per heavy atom. The van der Waals surface area contributed by atoms with Crippen molar-refractivity contribution < 1.29 is 29.0 Å². The van der Waals surface area contributed by atoms with Gasteiger partial charge in [0.15, 0.2) is 0 Å². The van der Waals surface area contributed by atoms with E-state index in [1.807, 2.05) is 0 Å². The van der Waals surface area contributed by atoms with Gasteiger partial charge in [-0.1, -0.05) is 26.0 Å². The molecule has 3 atom stereocenters. The maximum absolute atomic E-state index is 12.2. The van der Waals surface area contributed by atoms with Crippen LogP contribution in [0.2, 0.25) is 0 Å². The summed E-state index contributed by atoms with van der Waals surface area (Å²) in [6, 6.07) is 3.65. The minimum Gasteiger partial charge on any atom is -0.508 e. The number of carbonyl (C=O) groups is 4. The highest BCUT2D eigenvalue weighted by molar-refractivity contribution is 5.92. The van der Waals surface area contributed by atoms with Crippen LogP contribution in [0.1, 0.15) is 26.3 Å². The van der Waals surface area contributed by atoms with E-state index in [-0.39, 0.29) is 24.6 Å². The van der Waals surface area contributed by atoms with Gasteiger partial charge in [0, 0.05) is 0 Å². The lowest BCUT2D eigenvalue weighted by molar-refractivity contribution is -0.146. The molecule has 6 N–H and O–H groups in total. The number of benzene rings is 1. The molecule has 0 fully saturated rings. The number of methoxy groups -OCH3 is 1. The van der Waals surface area contributed by atoms with Gasteiger partial charge in [-0.25, -0.2) is 4.79 Å². The molecule has 0 spiro atoms. The van der Waals surface area contributed by atoms with Gasteiger partial charge in [0.2, 0.25) is 17.7 Å². The molecule has 0 bridgehead atoms. The van der Waals surface area contributed by atoms with Gasteiger partial charge in [-0.3, -0.25) is 14.4 Å². The highest BCUT2D eigenvalue weighted by atomic mass is 16.5. The number of esters is 1. The molecule has 10 heteroatoms. The van der Waals surface area contributed by atoms with Crippen molar-refractivity contribution in [3.8, 4) is 5.75 Å². The number of aromatic hydroxyl groups is 1. The molecule has 1 aromatic carbocycles. The standard InChI is InChI=1S/C20H30N4O6/c1-11(2)17(20(29)30-4)24-16(26)10-22-18(27)12(3)23-19(28)15(21)9-13-5-7-14(25)8-6-13/h5-8,11-12,15,17,25H,9-10,21H2,1-4H3,(H,22,27)(H,23,28)(H,24,26)/t12-,15-,17-/m1/s1. The average molecular weight is 422 g/mol. The highest BCUT2D eigenvalue weighted by Crippen LogP contribution is 2.11. The van der Waals surface area contributed by atoms with Gasteiger partial charge in [0.05, 0.1) is 19.7 Å². The van der Waals surface area contributed by atoms with Crippen molar-refractivity contribution in [1.29, 1.82) is 0 Å². The number of ether oxygens (including phenoxy) is 1. The number of carbonyl (C=O) groups excluding carboxylic acids is 4. The Morgan fingerprint density at radius 3 is 2.17 bits per heavy atom. The van der Waals surface area contributed by atoms with Crippen LogP contribution in [0.5, 0.6) is 5.75 Å². The number of amides is 3. The first-order chi connectivity index (χ1) is 14.0. The van der Waals surface area contributed by atoms with Gasteiger partial charge in [-0.15, -0.1) is 0 Å². The molecule has 30 heavy (non-hydrogen) atoms. The predicted octanol–water partition coefficient (Wildman–Crippen LogP) is -0.803. The Labute approximate surface area is 175 Å². The molecule has 0 heterocycles. The van der Waals surface area contributed by atoms with Gasteiger partial charge in [0.25, 0.3) is 0 Å². The third-order valence-electron chi connectivity index (χ3n) is 4.34. The molecule has 1 rings (SSSR count). The molecular weight excluding hydrogens is 392 g/mol. The molecule has 0 saturated heterocycles. The molecule has 0 radical (unpaired) electrons. The third-order valence-corrected chi connectivity index (χ3v) is 4.34. The quantitative estimate of drug-likeness (QED) is 0.308. The fraction of sp³-hybridized carbons (Fsp3) is 0.500. The first-order valence-electron chi connectivity index (χ1n) is 9.53. The van der Waals surface area contributed by atoms with Crippen molar-refractivity contribution in [3.05, 3.63) is 29.8 Å². The molecular formula is C20H30N4O6. The van der Waals surface area contributed by atoms with Crippen LogP contribution in [-0.4, -0.2) is 60.6 Å². The van der Waals surface area contributed by atoms with Crippen LogP contribution in [0.3, 0.4) is 0 Å². The smallest absolute Gasteiger partial charge is 0.328 e. The number of hydrogen-bond donors (Lipinski definition) is 5. The van der Waals surface area contributed by atoms with E-state index >= 15 is 0 Å². The molecule has 166 valence electrons. The van der Waals surface area contributed by atoms with Crippen molar-refractivity contribution in [1.82, 2.24) is 16.0 Å². The SMILES string of the molecule is COC(=O)[C@H](NC(=O)CNC(=O)[C@@H](C)NC(=O)[C@H](N)Cc1ccc(O)cc1)C(C)C. The van der Waals surface area contributed by atoms with Crippen molar-refractivity contribution in [2.75, 3.05) is 13.7 Å². The summed E-state index contributed by atoms with van der Waals surface area (Å²) in [4.78, 5) is 48.0. The summed E-state index contributed by atoms with van der Waals surface area (Å²) in [5.74, 6) is -2.32. The van der Waals surface area contributed by atoms with E-state index in [1.54, 1.807) is 26.0 Å². The molecule has 0 saturated carbocycles. The topological polar surface area (TPSA) is 160 Å². The van der Waals surface area contributed by atoms with Crippen molar-refractivity contribution in [3.63, 3.8) is 0 Å². The Bertz CT molecular complexity index is 750. The fourth-order valence-corrected chi connectivity index (χ4v) is 2.53. The van der Waals surface area contributed by atoms with E-state index in [4.69, 9.17) is 5.73 Å². The van der Waals surface area contributed by atoms with Crippen LogP contribution < -0.4 is 21.7 Å². The van der Waals surface area contributed by atoms with Crippen LogP contribution in [0.15, 0.2) is 24.3 Å². The van der Waals surface area contributed by atoms with E-state index in [0.29, 0.717) is 0 Å². The molecule has 0 aromatic heterocycles. The first-order valence-corrected chi connectivity index (χ1v) is 9.53. The van der Waals surface area contributed by atoms with E-state index in [0.717, 1.165) is 5.56 Å². The Hall–Kier alpha value is -3.14. The second kappa shape index (κ2) is 11.8. The number of phenols is 1. The van der Waals surface area contributed by atoms with Crippen molar-refractivity contribution in [2.24, 2.45) is 11.7 Å². The maximum atomic E-state index is 12.2. The van der Waals surface area contributed by atoms with Gasteiger partial charge < -0.3 is 31.5 Å². The monoisotopic (exact) mass is 422 g/mol. The number of nitrogens with two attached hydrogens (primary N) is 1. The number of hydrogen-bond acceptors (Lipinski definition) is 7. The lowest BCUT2D eigenvalue weighted by Gasteiger charge is -2.20. The molecule has 0 aliphatic rings. The summed E-state index contributed by atoms with van der Waals surface area (Å²) in [6.07, 6.45) is 0.229. The normalized spacial score (nSPS) is 13.7. The first kappa shape index (κ1) is 24.9. The van der Waals surface area contributed by atoms with Crippen LogP contribution in [0.4, 0.5) is 0 Å². The third kappa shape index (κ3) is 8.08. The Morgan fingerprint density at radius 2 is 1.63 bits per heavy atom. The van der Waals surface area contributed by atoms with Crippen molar-refractivity contribution >= 4 is 23.7 Å². The van der Waals surface area contributed by atoms with Gasteiger partial charge in [-0.05, 0) is 37.0 Å². The van der Waals surface area contributed by atoms with E-state index in [2.05, 4.69) is 20.7 Å². The molecule has 10 nitrogen and oxygen atoms in total. The van der Waals surface area contributed by atoms with Crippen molar-refractivity contribution in [2.45, 2.75) is 45.3 Å².